The largest absolute Gasteiger partial charge is 0.458 e. The number of rotatable bonds is 3. The van der Waals surface area contributed by atoms with Crippen molar-refractivity contribution >= 4 is 27.8 Å². The second kappa shape index (κ2) is 5.07. The van der Waals surface area contributed by atoms with Gasteiger partial charge in [-0.25, -0.2) is 9.78 Å². The quantitative estimate of drug-likeness (QED) is 0.854. The molecule has 1 heterocycles. The van der Waals surface area contributed by atoms with Crippen LogP contribution in [0.15, 0.2) is 16.7 Å². The Morgan fingerprint density at radius 3 is 2.62 bits per heavy atom. The van der Waals surface area contributed by atoms with Gasteiger partial charge < -0.3 is 10.5 Å². The SMILES string of the molecule is CC(C)OC(=O)c1ncc(Br)cc1C(N)=O. The molecule has 0 aliphatic carbocycles. The molecule has 16 heavy (non-hydrogen) atoms. The average Bonchev–Trinajstić information content (AvgIpc) is 2.16. The molecule has 0 bridgehead atoms. The molecule has 0 saturated heterocycles. The van der Waals surface area contributed by atoms with Gasteiger partial charge in [0.25, 0.3) is 5.91 Å². The number of amides is 1. The molecule has 0 atom stereocenters. The summed E-state index contributed by atoms with van der Waals surface area (Å²) in [5.41, 5.74) is 5.12. The standard InChI is InChI=1S/C10H11BrN2O3/c1-5(2)16-10(15)8-7(9(12)14)3-6(11)4-13-8/h3-5H,1-2H3,(H2,12,14). The second-order valence-electron chi connectivity index (χ2n) is 3.37. The minimum absolute atomic E-state index is 0.0417. The van der Waals surface area contributed by atoms with E-state index in [-0.39, 0.29) is 17.4 Å². The lowest BCUT2D eigenvalue weighted by molar-refractivity contribution is 0.0368. The van der Waals surface area contributed by atoms with Crippen LogP contribution in [0.3, 0.4) is 0 Å². The normalized spacial score (nSPS) is 10.2. The van der Waals surface area contributed by atoms with E-state index in [2.05, 4.69) is 20.9 Å². The van der Waals surface area contributed by atoms with E-state index in [1.807, 2.05) is 0 Å². The van der Waals surface area contributed by atoms with Gasteiger partial charge in [-0.15, -0.1) is 0 Å². The summed E-state index contributed by atoms with van der Waals surface area (Å²) in [5.74, 6) is -1.37. The van der Waals surface area contributed by atoms with Crippen molar-refractivity contribution in [2.45, 2.75) is 20.0 Å². The van der Waals surface area contributed by atoms with Crippen LogP contribution in [0.4, 0.5) is 0 Å². The number of carbonyl (C=O) groups excluding carboxylic acids is 2. The van der Waals surface area contributed by atoms with Gasteiger partial charge in [0, 0.05) is 10.7 Å². The highest BCUT2D eigenvalue weighted by molar-refractivity contribution is 9.10. The van der Waals surface area contributed by atoms with Crippen molar-refractivity contribution in [3.8, 4) is 0 Å². The lowest BCUT2D eigenvalue weighted by Crippen LogP contribution is -2.21. The summed E-state index contributed by atoms with van der Waals surface area (Å²) in [6.07, 6.45) is 1.13. The molecule has 1 amide bonds. The van der Waals surface area contributed by atoms with Crippen molar-refractivity contribution in [2.24, 2.45) is 5.73 Å². The van der Waals surface area contributed by atoms with Gasteiger partial charge in [0.15, 0.2) is 5.69 Å². The van der Waals surface area contributed by atoms with E-state index < -0.39 is 11.9 Å². The summed E-state index contributed by atoms with van der Waals surface area (Å²) in [4.78, 5) is 26.5. The van der Waals surface area contributed by atoms with Crippen LogP contribution in [-0.4, -0.2) is 23.0 Å². The lowest BCUT2D eigenvalue weighted by atomic mass is 10.2. The fourth-order valence-electron chi connectivity index (χ4n) is 1.06. The average molecular weight is 287 g/mol. The third-order valence-electron chi connectivity index (χ3n) is 1.66. The summed E-state index contributed by atoms with van der Waals surface area (Å²) < 4.78 is 5.51. The summed E-state index contributed by atoms with van der Waals surface area (Å²) >= 11 is 3.14. The first kappa shape index (κ1) is 12.6. The molecule has 0 aliphatic heterocycles. The maximum Gasteiger partial charge on any atom is 0.358 e. The highest BCUT2D eigenvalue weighted by atomic mass is 79.9. The van der Waals surface area contributed by atoms with E-state index in [0.717, 1.165) is 0 Å². The number of nitrogens with two attached hydrogens (primary N) is 1. The first-order valence-corrected chi connectivity index (χ1v) is 5.37. The second-order valence-corrected chi connectivity index (χ2v) is 4.28. The zero-order valence-electron chi connectivity index (χ0n) is 8.86. The van der Waals surface area contributed by atoms with Crippen molar-refractivity contribution < 1.29 is 14.3 Å². The minimum Gasteiger partial charge on any atom is -0.458 e. The number of esters is 1. The van der Waals surface area contributed by atoms with Crippen LogP contribution in [0.1, 0.15) is 34.7 Å². The van der Waals surface area contributed by atoms with Crippen molar-refractivity contribution in [1.82, 2.24) is 4.98 Å². The maximum absolute atomic E-state index is 11.6. The smallest absolute Gasteiger partial charge is 0.358 e. The first-order valence-electron chi connectivity index (χ1n) is 4.58. The molecule has 1 aromatic rings. The summed E-state index contributed by atoms with van der Waals surface area (Å²) in [5, 5.41) is 0. The first-order chi connectivity index (χ1) is 7.41. The number of halogens is 1. The topological polar surface area (TPSA) is 82.3 Å². The van der Waals surface area contributed by atoms with Gasteiger partial charge in [0.1, 0.15) is 0 Å². The highest BCUT2D eigenvalue weighted by Crippen LogP contribution is 2.15. The molecule has 6 heteroatoms. The Morgan fingerprint density at radius 2 is 2.12 bits per heavy atom. The van der Waals surface area contributed by atoms with E-state index in [4.69, 9.17) is 10.5 Å². The Kier molecular flexibility index (Phi) is 4.00. The van der Waals surface area contributed by atoms with E-state index >= 15 is 0 Å². The Bertz CT molecular complexity index is 432. The van der Waals surface area contributed by atoms with Crippen LogP contribution in [0.5, 0.6) is 0 Å². The Morgan fingerprint density at radius 1 is 1.50 bits per heavy atom. The highest BCUT2D eigenvalue weighted by Gasteiger charge is 2.19. The number of primary amides is 1. The van der Waals surface area contributed by atoms with Crippen molar-refractivity contribution in [1.29, 1.82) is 0 Å². The van der Waals surface area contributed by atoms with Crippen LogP contribution < -0.4 is 5.73 Å². The number of hydrogen-bond acceptors (Lipinski definition) is 4. The van der Waals surface area contributed by atoms with Crippen molar-refractivity contribution in [3.05, 3.63) is 28.0 Å². The Balaban J connectivity index is 3.12. The van der Waals surface area contributed by atoms with Gasteiger partial charge >= 0.3 is 5.97 Å². The summed E-state index contributed by atoms with van der Waals surface area (Å²) in [6.45, 7) is 3.42. The molecular formula is C10H11BrN2O3. The molecule has 0 saturated carbocycles. The molecular weight excluding hydrogens is 276 g/mol. The molecule has 0 fully saturated rings. The predicted octanol–water partition coefficient (Wildman–Crippen LogP) is 1.51. The molecule has 0 aliphatic rings. The zero-order valence-corrected chi connectivity index (χ0v) is 10.4. The molecule has 1 aromatic heterocycles. The van der Waals surface area contributed by atoms with Gasteiger partial charge in [0.05, 0.1) is 11.7 Å². The number of ether oxygens (including phenoxy) is 1. The molecule has 2 N–H and O–H groups in total. The number of hydrogen-bond donors (Lipinski definition) is 1. The number of aromatic nitrogens is 1. The maximum atomic E-state index is 11.6. The predicted molar refractivity (Wildman–Crippen MR) is 61.0 cm³/mol. The molecule has 86 valence electrons. The third-order valence-corrected chi connectivity index (χ3v) is 2.09. The zero-order chi connectivity index (χ0) is 12.3. The van der Waals surface area contributed by atoms with E-state index in [9.17, 15) is 9.59 Å². The van der Waals surface area contributed by atoms with E-state index in [0.29, 0.717) is 4.47 Å². The molecule has 0 unspecified atom stereocenters. The van der Waals surface area contributed by atoms with Crippen LogP contribution >= 0.6 is 15.9 Å². The number of pyridine rings is 1. The van der Waals surface area contributed by atoms with Crippen molar-refractivity contribution in [3.63, 3.8) is 0 Å². The summed E-state index contributed by atoms with van der Waals surface area (Å²) in [6, 6.07) is 1.44. The fraction of sp³-hybridized carbons (Fsp3) is 0.300. The van der Waals surface area contributed by atoms with Gasteiger partial charge in [0.2, 0.25) is 0 Å². The van der Waals surface area contributed by atoms with Gasteiger partial charge in [-0.2, -0.15) is 0 Å². The fourth-order valence-corrected chi connectivity index (χ4v) is 1.39. The lowest BCUT2D eigenvalue weighted by Gasteiger charge is -2.09. The molecule has 5 nitrogen and oxygen atoms in total. The molecule has 0 aromatic carbocycles. The molecule has 0 radical (unpaired) electrons. The van der Waals surface area contributed by atoms with Gasteiger partial charge in [-0.1, -0.05) is 0 Å². The van der Waals surface area contributed by atoms with E-state index in [1.165, 1.54) is 12.3 Å². The van der Waals surface area contributed by atoms with Crippen LogP contribution in [0, 0.1) is 0 Å². The number of nitrogens with zero attached hydrogens (tertiary/aromatic N) is 1. The van der Waals surface area contributed by atoms with E-state index in [1.54, 1.807) is 13.8 Å². The number of carbonyl (C=O) groups is 2. The molecule has 1 rings (SSSR count). The van der Waals surface area contributed by atoms with Crippen LogP contribution in [0.25, 0.3) is 0 Å². The Hall–Kier alpha value is -1.43. The minimum atomic E-state index is -0.718. The Labute approximate surface area is 101 Å². The van der Waals surface area contributed by atoms with Gasteiger partial charge in [-0.05, 0) is 35.8 Å². The van der Waals surface area contributed by atoms with Crippen LogP contribution in [-0.2, 0) is 4.74 Å². The summed E-state index contributed by atoms with van der Waals surface area (Å²) in [7, 11) is 0. The monoisotopic (exact) mass is 286 g/mol. The molecule has 0 spiro atoms. The van der Waals surface area contributed by atoms with Crippen LogP contribution in [0.2, 0.25) is 0 Å². The third kappa shape index (κ3) is 3.03. The van der Waals surface area contributed by atoms with Gasteiger partial charge in [-0.3, -0.25) is 4.79 Å². The van der Waals surface area contributed by atoms with Crippen molar-refractivity contribution in [2.75, 3.05) is 0 Å².